The lowest BCUT2D eigenvalue weighted by Gasteiger charge is -2.33. The van der Waals surface area contributed by atoms with Gasteiger partial charge in [0, 0.05) is 45.3 Å². The molecule has 5 heteroatoms. The number of carbonyl (C=O) groups is 1. The van der Waals surface area contributed by atoms with Gasteiger partial charge in [-0.05, 0) is 37.0 Å². The molecular formula is C18H24FN3O. The standard InChI is InChI=1S/C18H24FN3O/c19-15-3-1-14(2-4-15)18(6-7-18)17(23)22-10-5-16(13-22)21-11-8-20-9-12-21/h1-4,16,20H,5-13H2. The van der Waals surface area contributed by atoms with Crippen molar-refractivity contribution in [2.45, 2.75) is 30.7 Å². The zero-order valence-electron chi connectivity index (χ0n) is 13.4. The summed E-state index contributed by atoms with van der Waals surface area (Å²) in [6.07, 6.45) is 2.86. The maximum atomic E-state index is 13.1. The summed E-state index contributed by atoms with van der Waals surface area (Å²) in [4.78, 5) is 17.6. The van der Waals surface area contributed by atoms with Crippen LogP contribution in [0.25, 0.3) is 0 Å². The number of nitrogens with zero attached hydrogens (tertiary/aromatic N) is 2. The summed E-state index contributed by atoms with van der Waals surface area (Å²) in [5.74, 6) is 0.0127. The Kier molecular flexibility index (Phi) is 3.85. The van der Waals surface area contributed by atoms with Crippen molar-refractivity contribution >= 4 is 5.91 Å². The molecule has 0 bridgehead atoms. The van der Waals surface area contributed by atoms with Gasteiger partial charge in [-0.2, -0.15) is 0 Å². The van der Waals surface area contributed by atoms with E-state index in [1.54, 1.807) is 12.1 Å². The van der Waals surface area contributed by atoms with Crippen LogP contribution in [-0.4, -0.2) is 61.0 Å². The number of hydrogen-bond acceptors (Lipinski definition) is 3. The Labute approximate surface area is 136 Å². The molecule has 1 unspecified atom stereocenters. The molecule has 1 aromatic carbocycles. The zero-order chi connectivity index (χ0) is 15.9. The Morgan fingerprint density at radius 3 is 2.48 bits per heavy atom. The second-order valence-electron chi connectivity index (χ2n) is 7.07. The molecule has 2 saturated heterocycles. The molecule has 0 aromatic heterocycles. The van der Waals surface area contributed by atoms with Crippen LogP contribution in [0.15, 0.2) is 24.3 Å². The molecule has 4 nitrogen and oxygen atoms in total. The van der Waals surface area contributed by atoms with Gasteiger partial charge in [0.25, 0.3) is 0 Å². The quantitative estimate of drug-likeness (QED) is 0.914. The van der Waals surface area contributed by atoms with Crippen LogP contribution in [0.4, 0.5) is 4.39 Å². The van der Waals surface area contributed by atoms with E-state index in [0.29, 0.717) is 6.04 Å². The fraction of sp³-hybridized carbons (Fsp3) is 0.611. The largest absolute Gasteiger partial charge is 0.340 e. The highest BCUT2D eigenvalue weighted by Gasteiger charge is 2.53. The van der Waals surface area contributed by atoms with E-state index < -0.39 is 0 Å². The average Bonchev–Trinajstić information content (AvgIpc) is 3.25. The zero-order valence-corrected chi connectivity index (χ0v) is 13.4. The monoisotopic (exact) mass is 317 g/mol. The Morgan fingerprint density at radius 1 is 1.13 bits per heavy atom. The summed E-state index contributed by atoms with van der Waals surface area (Å²) in [5.41, 5.74) is 0.612. The number of halogens is 1. The minimum absolute atomic E-state index is 0.239. The van der Waals surface area contributed by atoms with Crippen LogP contribution in [0.1, 0.15) is 24.8 Å². The van der Waals surface area contributed by atoms with Crippen LogP contribution >= 0.6 is 0 Å². The number of rotatable bonds is 3. The third kappa shape index (κ3) is 2.76. The van der Waals surface area contributed by atoms with Gasteiger partial charge in [0.05, 0.1) is 5.41 Å². The van der Waals surface area contributed by atoms with Crippen molar-refractivity contribution in [1.82, 2.24) is 15.1 Å². The summed E-state index contributed by atoms with van der Waals surface area (Å²) < 4.78 is 13.1. The highest BCUT2D eigenvalue weighted by atomic mass is 19.1. The van der Waals surface area contributed by atoms with Gasteiger partial charge >= 0.3 is 0 Å². The molecule has 0 radical (unpaired) electrons. The molecule has 1 aromatic rings. The summed E-state index contributed by atoms with van der Waals surface area (Å²) in [6.45, 7) is 5.96. The normalized spacial score (nSPS) is 27.2. The minimum atomic E-state index is -0.369. The van der Waals surface area contributed by atoms with Crippen molar-refractivity contribution < 1.29 is 9.18 Å². The predicted octanol–water partition coefficient (Wildman–Crippen LogP) is 1.36. The Hall–Kier alpha value is -1.46. The van der Waals surface area contributed by atoms with E-state index in [-0.39, 0.29) is 17.1 Å². The van der Waals surface area contributed by atoms with Crippen molar-refractivity contribution in [2.24, 2.45) is 0 Å². The SMILES string of the molecule is O=C(N1CCC(N2CCNCC2)C1)C1(c2ccc(F)cc2)CC1. The summed E-state index contributed by atoms with van der Waals surface area (Å²) in [7, 11) is 0. The van der Waals surface area contributed by atoms with E-state index in [2.05, 4.69) is 10.2 Å². The molecule has 2 aliphatic heterocycles. The first-order chi connectivity index (χ1) is 11.2. The van der Waals surface area contributed by atoms with Gasteiger partial charge in [0.2, 0.25) is 5.91 Å². The lowest BCUT2D eigenvalue weighted by Crippen LogP contribution is -2.49. The smallest absolute Gasteiger partial charge is 0.233 e. The molecule has 0 spiro atoms. The fourth-order valence-corrected chi connectivity index (χ4v) is 4.09. The van der Waals surface area contributed by atoms with Gasteiger partial charge in [-0.25, -0.2) is 4.39 Å². The Bertz CT molecular complexity index is 578. The minimum Gasteiger partial charge on any atom is -0.340 e. The van der Waals surface area contributed by atoms with E-state index in [4.69, 9.17) is 0 Å². The first-order valence-corrected chi connectivity index (χ1v) is 8.69. The number of carbonyl (C=O) groups excluding carboxylic acids is 1. The van der Waals surface area contributed by atoms with E-state index in [9.17, 15) is 9.18 Å². The van der Waals surface area contributed by atoms with Crippen LogP contribution in [0.2, 0.25) is 0 Å². The van der Waals surface area contributed by atoms with Gasteiger partial charge in [-0.1, -0.05) is 12.1 Å². The third-order valence-electron chi connectivity index (χ3n) is 5.67. The van der Waals surface area contributed by atoms with Crippen LogP contribution in [-0.2, 0) is 10.2 Å². The Balaban J connectivity index is 1.44. The lowest BCUT2D eigenvalue weighted by molar-refractivity contribution is -0.133. The van der Waals surface area contributed by atoms with E-state index in [1.807, 2.05) is 4.90 Å². The first-order valence-electron chi connectivity index (χ1n) is 8.69. The van der Waals surface area contributed by atoms with Crippen molar-refractivity contribution in [3.63, 3.8) is 0 Å². The maximum Gasteiger partial charge on any atom is 0.233 e. The van der Waals surface area contributed by atoms with Gasteiger partial charge in [-0.3, -0.25) is 9.69 Å². The Morgan fingerprint density at radius 2 is 1.83 bits per heavy atom. The van der Waals surface area contributed by atoms with Gasteiger partial charge < -0.3 is 10.2 Å². The highest BCUT2D eigenvalue weighted by Crippen LogP contribution is 2.50. The number of nitrogens with one attached hydrogen (secondary N) is 1. The highest BCUT2D eigenvalue weighted by molar-refractivity contribution is 5.91. The molecule has 23 heavy (non-hydrogen) atoms. The molecule has 4 rings (SSSR count). The topological polar surface area (TPSA) is 35.6 Å². The summed E-state index contributed by atoms with van der Waals surface area (Å²) >= 11 is 0. The number of piperazine rings is 1. The van der Waals surface area contributed by atoms with Gasteiger partial charge in [-0.15, -0.1) is 0 Å². The predicted molar refractivity (Wildman–Crippen MR) is 86.7 cm³/mol. The fourth-order valence-electron chi connectivity index (χ4n) is 4.09. The van der Waals surface area contributed by atoms with Gasteiger partial charge in [0.1, 0.15) is 5.82 Å². The van der Waals surface area contributed by atoms with Crippen LogP contribution < -0.4 is 5.32 Å². The van der Waals surface area contributed by atoms with Crippen molar-refractivity contribution in [2.75, 3.05) is 39.3 Å². The van der Waals surface area contributed by atoms with Gasteiger partial charge in [0.15, 0.2) is 0 Å². The first kappa shape index (κ1) is 15.1. The van der Waals surface area contributed by atoms with E-state index in [1.165, 1.54) is 12.1 Å². The molecule has 1 atom stereocenters. The number of hydrogen-bond donors (Lipinski definition) is 1. The van der Waals surface area contributed by atoms with Crippen molar-refractivity contribution in [1.29, 1.82) is 0 Å². The average molecular weight is 317 g/mol. The molecular weight excluding hydrogens is 293 g/mol. The second-order valence-corrected chi connectivity index (χ2v) is 7.07. The summed E-state index contributed by atoms with van der Waals surface area (Å²) in [6, 6.07) is 7.01. The van der Waals surface area contributed by atoms with Crippen LogP contribution in [0.5, 0.6) is 0 Å². The van der Waals surface area contributed by atoms with Crippen LogP contribution in [0.3, 0.4) is 0 Å². The summed E-state index contributed by atoms with van der Waals surface area (Å²) in [5, 5.41) is 3.38. The molecule has 2 heterocycles. The van der Waals surface area contributed by atoms with Crippen molar-refractivity contribution in [3.8, 4) is 0 Å². The molecule has 1 N–H and O–H groups in total. The molecule has 1 aliphatic carbocycles. The number of amides is 1. The van der Waals surface area contributed by atoms with Crippen molar-refractivity contribution in [3.05, 3.63) is 35.6 Å². The second kappa shape index (κ2) is 5.87. The maximum absolute atomic E-state index is 13.1. The molecule has 3 aliphatic rings. The lowest BCUT2D eigenvalue weighted by atomic mass is 9.94. The van der Waals surface area contributed by atoms with E-state index >= 15 is 0 Å². The molecule has 3 fully saturated rings. The molecule has 1 amide bonds. The molecule has 124 valence electrons. The number of benzene rings is 1. The number of likely N-dealkylation sites (tertiary alicyclic amines) is 1. The third-order valence-corrected chi connectivity index (χ3v) is 5.67. The van der Waals surface area contributed by atoms with E-state index in [0.717, 1.165) is 64.1 Å². The van der Waals surface area contributed by atoms with Crippen LogP contribution in [0, 0.1) is 5.82 Å². The molecule has 1 saturated carbocycles.